The highest BCUT2D eigenvalue weighted by atomic mass is 16.5. The number of nitrogens with one attached hydrogen (secondary N) is 1. The van der Waals surface area contributed by atoms with E-state index in [0.717, 1.165) is 51.4 Å². The van der Waals surface area contributed by atoms with Crippen molar-refractivity contribution >= 4 is 11.9 Å². The van der Waals surface area contributed by atoms with Gasteiger partial charge in [-0.2, -0.15) is 0 Å². The smallest absolute Gasteiger partial charge is 0.305 e. The minimum atomic E-state index is -0.671. The first-order valence-corrected chi connectivity index (χ1v) is 34.7. The summed E-state index contributed by atoms with van der Waals surface area (Å²) < 4.78 is 5.48. The molecule has 0 aliphatic heterocycles. The monoisotopic (exact) mass is 1080 g/mol. The SMILES string of the molecule is CCCC/C=C\C/C=C\CCCCCCCC(=O)OCCCCCCCCCCCCC/C=C\CCCCCCCCCC(=O)NC(CO)C(O)CCCCCCCCCCCCCCCCCCCCCCCCCC. The molecule has 0 heterocycles. The minimum absolute atomic E-state index is 0.00409. The van der Waals surface area contributed by atoms with Gasteiger partial charge in [0, 0.05) is 12.8 Å². The van der Waals surface area contributed by atoms with Gasteiger partial charge in [0.05, 0.1) is 25.4 Å². The molecule has 0 rings (SSSR count). The summed E-state index contributed by atoms with van der Waals surface area (Å²) >= 11 is 0. The van der Waals surface area contributed by atoms with E-state index in [-0.39, 0.29) is 18.5 Å². The maximum Gasteiger partial charge on any atom is 0.305 e. The first kappa shape index (κ1) is 75.1. The normalized spacial score (nSPS) is 12.7. The number of carbonyl (C=O) groups excluding carboxylic acids is 2. The highest BCUT2D eigenvalue weighted by Crippen LogP contribution is 2.18. The molecule has 0 aliphatic carbocycles. The van der Waals surface area contributed by atoms with Crippen LogP contribution in [0.3, 0.4) is 0 Å². The Labute approximate surface area is 481 Å². The zero-order chi connectivity index (χ0) is 55.7. The molecule has 0 bridgehead atoms. The maximum atomic E-state index is 12.5. The van der Waals surface area contributed by atoms with Crippen molar-refractivity contribution in [3.63, 3.8) is 0 Å². The Bertz CT molecular complexity index is 1250. The maximum absolute atomic E-state index is 12.5. The Kier molecular flexibility index (Phi) is 64.9. The first-order chi connectivity index (χ1) is 38.0. The van der Waals surface area contributed by atoms with Crippen molar-refractivity contribution in [2.75, 3.05) is 13.2 Å². The Morgan fingerprint density at radius 3 is 1.04 bits per heavy atom. The summed E-state index contributed by atoms with van der Waals surface area (Å²) in [6, 6.07) is -0.549. The second-order valence-electron chi connectivity index (χ2n) is 23.9. The van der Waals surface area contributed by atoms with Crippen LogP contribution in [-0.2, 0) is 14.3 Å². The standard InChI is InChI=1S/C71H135NO5/c1-3-5-7-9-11-13-15-17-19-20-21-22-23-24-27-30-33-36-39-43-47-51-55-59-63-69(74)68(67-73)72-70(75)64-60-56-52-48-44-40-37-34-31-28-25-26-29-32-35-38-42-46-50-54-58-62-66-77-71(76)65-61-57-53-49-45-41-18-16-14-12-10-8-6-4-2/h10,12,16,18,28,31,68-69,73-74H,3-9,11,13-15,17,19-27,29-30,32-67H2,1-2H3,(H,72,75)/b12-10-,18-16-,31-28-. The number of unbranched alkanes of at least 4 members (excludes halogenated alkanes) is 48. The second-order valence-corrected chi connectivity index (χ2v) is 23.9. The fourth-order valence-corrected chi connectivity index (χ4v) is 10.8. The van der Waals surface area contributed by atoms with Crippen LogP contribution in [0.15, 0.2) is 36.5 Å². The number of carbonyl (C=O) groups is 2. The average molecular weight is 1080 g/mol. The van der Waals surface area contributed by atoms with Crippen molar-refractivity contribution in [3.05, 3.63) is 36.5 Å². The van der Waals surface area contributed by atoms with Gasteiger partial charge in [-0.3, -0.25) is 9.59 Å². The lowest BCUT2D eigenvalue weighted by Crippen LogP contribution is -2.45. The van der Waals surface area contributed by atoms with Crippen molar-refractivity contribution in [2.24, 2.45) is 0 Å². The number of rotatable bonds is 65. The number of ether oxygens (including phenoxy) is 1. The molecule has 0 radical (unpaired) electrons. The van der Waals surface area contributed by atoms with Gasteiger partial charge in [0.15, 0.2) is 0 Å². The molecule has 0 aromatic heterocycles. The zero-order valence-electron chi connectivity index (χ0n) is 52.0. The van der Waals surface area contributed by atoms with Crippen LogP contribution >= 0.6 is 0 Å². The van der Waals surface area contributed by atoms with Crippen molar-refractivity contribution in [3.8, 4) is 0 Å². The number of hydrogen-bond acceptors (Lipinski definition) is 5. The number of aliphatic hydroxyl groups is 2. The van der Waals surface area contributed by atoms with Crippen LogP contribution in [0.25, 0.3) is 0 Å². The van der Waals surface area contributed by atoms with Crippen LogP contribution in [0.5, 0.6) is 0 Å². The van der Waals surface area contributed by atoms with E-state index in [9.17, 15) is 19.8 Å². The van der Waals surface area contributed by atoms with E-state index >= 15 is 0 Å². The predicted octanol–water partition coefficient (Wildman–Crippen LogP) is 22.3. The highest BCUT2D eigenvalue weighted by molar-refractivity contribution is 5.76. The number of allylic oxidation sites excluding steroid dienone is 6. The molecule has 1 amide bonds. The third kappa shape index (κ3) is 63.1. The summed E-state index contributed by atoms with van der Waals surface area (Å²) in [5.41, 5.74) is 0. The molecule has 2 atom stereocenters. The predicted molar refractivity (Wildman–Crippen MR) is 338 cm³/mol. The van der Waals surface area contributed by atoms with Gasteiger partial charge in [0.1, 0.15) is 0 Å². The lowest BCUT2D eigenvalue weighted by molar-refractivity contribution is -0.143. The van der Waals surface area contributed by atoms with E-state index in [4.69, 9.17) is 4.74 Å². The van der Waals surface area contributed by atoms with Crippen molar-refractivity contribution in [1.29, 1.82) is 0 Å². The summed E-state index contributed by atoms with van der Waals surface area (Å²) in [7, 11) is 0. The van der Waals surface area contributed by atoms with Gasteiger partial charge in [-0.1, -0.05) is 326 Å². The summed E-state index contributed by atoms with van der Waals surface area (Å²) in [5, 5.41) is 23.4. The van der Waals surface area contributed by atoms with Crippen LogP contribution in [0, 0.1) is 0 Å². The van der Waals surface area contributed by atoms with Crippen LogP contribution in [-0.4, -0.2) is 47.4 Å². The summed E-state index contributed by atoms with van der Waals surface area (Å²) in [5.74, 6) is -0.0423. The largest absolute Gasteiger partial charge is 0.466 e. The molecular weight excluding hydrogens is 947 g/mol. The lowest BCUT2D eigenvalue weighted by Gasteiger charge is -2.22. The fraction of sp³-hybridized carbons (Fsp3) is 0.887. The molecule has 77 heavy (non-hydrogen) atoms. The Hall–Kier alpha value is -1.92. The quantitative estimate of drug-likeness (QED) is 0.0320. The second kappa shape index (κ2) is 66.6. The molecule has 2 unspecified atom stereocenters. The van der Waals surface area contributed by atoms with Crippen LogP contribution in [0.1, 0.15) is 380 Å². The van der Waals surface area contributed by atoms with E-state index in [0.29, 0.717) is 25.9 Å². The average Bonchev–Trinajstić information content (AvgIpc) is 3.43. The van der Waals surface area contributed by atoms with Gasteiger partial charge >= 0.3 is 5.97 Å². The summed E-state index contributed by atoms with van der Waals surface area (Å²) in [6.45, 7) is 4.93. The van der Waals surface area contributed by atoms with Gasteiger partial charge in [0.25, 0.3) is 0 Å². The van der Waals surface area contributed by atoms with Crippen LogP contribution < -0.4 is 5.32 Å². The minimum Gasteiger partial charge on any atom is -0.466 e. The fourth-order valence-electron chi connectivity index (χ4n) is 10.8. The zero-order valence-corrected chi connectivity index (χ0v) is 52.0. The van der Waals surface area contributed by atoms with Crippen molar-refractivity contribution < 1.29 is 24.5 Å². The Morgan fingerprint density at radius 2 is 0.662 bits per heavy atom. The molecular formula is C71H135NO5. The van der Waals surface area contributed by atoms with Gasteiger partial charge in [0.2, 0.25) is 5.91 Å². The molecule has 0 saturated carbocycles. The number of hydrogen-bond donors (Lipinski definition) is 3. The van der Waals surface area contributed by atoms with E-state index in [1.54, 1.807) is 0 Å². The van der Waals surface area contributed by atoms with Crippen molar-refractivity contribution in [2.45, 2.75) is 392 Å². The molecule has 0 spiro atoms. The molecule has 0 aromatic carbocycles. The van der Waals surface area contributed by atoms with Crippen molar-refractivity contribution in [1.82, 2.24) is 5.32 Å². The molecule has 6 heteroatoms. The summed E-state index contributed by atoms with van der Waals surface area (Å²) in [6.07, 6.45) is 84.7. The molecule has 454 valence electrons. The molecule has 3 N–H and O–H groups in total. The highest BCUT2D eigenvalue weighted by Gasteiger charge is 2.20. The van der Waals surface area contributed by atoms with E-state index in [1.807, 2.05) is 0 Å². The number of esters is 1. The molecule has 0 aliphatic rings. The van der Waals surface area contributed by atoms with Crippen LogP contribution in [0.2, 0.25) is 0 Å². The first-order valence-electron chi connectivity index (χ1n) is 34.7. The molecule has 0 saturated heterocycles. The third-order valence-electron chi connectivity index (χ3n) is 16.2. The topological polar surface area (TPSA) is 95.9 Å². The number of amides is 1. The third-order valence-corrected chi connectivity index (χ3v) is 16.2. The van der Waals surface area contributed by atoms with Crippen LogP contribution in [0.4, 0.5) is 0 Å². The summed E-state index contributed by atoms with van der Waals surface area (Å²) in [4.78, 5) is 24.6. The van der Waals surface area contributed by atoms with E-state index in [2.05, 4.69) is 55.6 Å². The van der Waals surface area contributed by atoms with E-state index < -0.39 is 12.1 Å². The van der Waals surface area contributed by atoms with Gasteiger partial charge in [-0.05, 0) is 77.0 Å². The number of aliphatic hydroxyl groups excluding tert-OH is 2. The van der Waals surface area contributed by atoms with E-state index in [1.165, 1.54) is 295 Å². The molecule has 0 fully saturated rings. The molecule has 6 nitrogen and oxygen atoms in total. The Morgan fingerprint density at radius 1 is 0.364 bits per heavy atom. The molecule has 0 aromatic rings. The van der Waals surface area contributed by atoms with Gasteiger partial charge in [-0.25, -0.2) is 0 Å². The van der Waals surface area contributed by atoms with Gasteiger partial charge < -0.3 is 20.3 Å². The van der Waals surface area contributed by atoms with Gasteiger partial charge in [-0.15, -0.1) is 0 Å². The Balaban J connectivity index is 3.42. The lowest BCUT2D eigenvalue weighted by atomic mass is 10.0.